The molecule has 0 amide bonds. The summed E-state index contributed by atoms with van der Waals surface area (Å²) in [6.07, 6.45) is 3.60. The number of thioether (sulfide) groups is 1. The first kappa shape index (κ1) is 24.1. The Morgan fingerprint density at radius 3 is 2.53 bits per heavy atom. The van der Waals surface area contributed by atoms with Crippen molar-refractivity contribution in [1.82, 2.24) is 14.8 Å². The number of hydrogen-bond donors (Lipinski definition) is 0. The summed E-state index contributed by atoms with van der Waals surface area (Å²) in [6, 6.07) is 14.8. The van der Waals surface area contributed by atoms with Crippen molar-refractivity contribution in [1.29, 1.82) is 0 Å². The maximum atomic E-state index is 12.8. The fraction of sp³-hybridized carbons (Fsp3) is 0.333. The van der Waals surface area contributed by atoms with Crippen LogP contribution >= 0.6 is 11.8 Å². The molecule has 32 heavy (non-hydrogen) atoms. The van der Waals surface area contributed by atoms with Gasteiger partial charge >= 0.3 is 0 Å². The van der Waals surface area contributed by atoms with Crippen molar-refractivity contribution in [3.05, 3.63) is 78.1 Å². The molecule has 0 N–H and O–H groups in total. The highest BCUT2D eigenvalue weighted by atomic mass is 32.2. The van der Waals surface area contributed by atoms with E-state index in [4.69, 9.17) is 4.74 Å². The molecular formula is C24H29N3O3S2. The highest BCUT2D eigenvalue weighted by molar-refractivity contribution is 7.99. The van der Waals surface area contributed by atoms with Gasteiger partial charge in [0.25, 0.3) is 0 Å². The summed E-state index contributed by atoms with van der Waals surface area (Å²) in [7, 11) is -3.50. The van der Waals surface area contributed by atoms with Gasteiger partial charge in [-0.2, -0.15) is 0 Å². The third kappa shape index (κ3) is 6.46. The Morgan fingerprint density at radius 1 is 1.06 bits per heavy atom. The molecule has 0 unspecified atom stereocenters. The Kier molecular flexibility index (Phi) is 8.53. The SMILES string of the molecule is C=CCn1c(CS(=O)(=O)c2ccc(C)cc2)nnc1SCCCCOc1ccccc1C. The lowest BCUT2D eigenvalue weighted by Gasteiger charge is -2.09. The Labute approximate surface area is 194 Å². The Hall–Kier alpha value is -2.58. The average molecular weight is 472 g/mol. The molecule has 0 bridgehead atoms. The lowest BCUT2D eigenvalue weighted by atomic mass is 10.2. The van der Waals surface area contributed by atoms with Crippen molar-refractivity contribution in [3.63, 3.8) is 0 Å². The van der Waals surface area contributed by atoms with E-state index < -0.39 is 9.84 Å². The van der Waals surface area contributed by atoms with E-state index in [1.54, 1.807) is 42.1 Å². The van der Waals surface area contributed by atoms with Crippen LogP contribution in [0.25, 0.3) is 0 Å². The molecule has 0 fully saturated rings. The van der Waals surface area contributed by atoms with Crippen LogP contribution in [0.1, 0.15) is 29.8 Å². The van der Waals surface area contributed by atoms with Crippen molar-refractivity contribution in [2.75, 3.05) is 12.4 Å². The second kappa shape index (κ2) is 11.3. The van der Waals surface area contributed by atoms with Gasteiger partial charge in [-0.25, -0.2) is 8.42 Å². The molecule has 0 atom stereocenters. The zero-order chi connectivity index (χ0) is 23.0. The van der Waals surface area contributed by atoms with Crippen LogP contribution in [0, 0.1) is 13.8 Å². The van der Waals surface area contributed by atoms with E-state index in [0.717, 1.165) is 35.5 Å². The number of hydrogen-bond acceptors (Lipinski definition) is 6. The number of ether oxygens (including phenoxy) is 1. The summed E-state index contributed by atoms with van der Waals surface area (Å²) in [4.78, 5) is 0.291. The van der Waals surface area contributed by atoms with Gasteiger partial charge in [0.15, 0.2) is 15.0 Å². The van der Waals surface area contributed by atoms with Crippen molar-refractivity contribution in [3.8, 4) is 5.75 Å². The van der Waals surface area contributed by atoms with E-state index in [2.05, 4.69) is 16.8 Å². The lowest BCUT2D eigenvalue weighted by Crippen LogP contribution is -2.11. The largest absolute Gasteiger partial charge is 0.493 e. The van der Waals surface area contributed by atoms with E-state index in [0.29, 0.717) is 29.0 Å². The minimum atomic E-state index is -3.50. The standard InChI is InChI=1S/C24H29N3O3S2/c1-4-15-27-23(18-32(28,29)21-13-11-19(2)12-14-21)25-26-24(27)31-17-8-7-16-30-22-10-6-5-9-20(22)3/h4-6,9-14H,1,7-8,15-18H2,2-3H3. The molecule has 6 nitrogen and oxygen atoms in total. The zero-order valence-corrected chi connectivity index (χ0v) is 20.2. The highest BCUT2D eigenvalue weighted by Crippen LogP contribution is 2.22. The number of aromatic nitrogens is 3. The predicted octanol–water partition coefficient (Wildman–Crippen LogP) is 5.01. The molecule has 3 aromatic rings. The fourth-order valence-corrected chi connectivity index (χ4v) is 5.35. The average Bonchev–Trinajstić information content (AvgIpc) is 3.13. The minimum Gasteiger partial charge on any atom is -0.493 e. The highest BCUT2D eigenvalue weighted by Gasteiger charge is 2.21. The van der Waals surface area contributed by atoms with E-state index >= 15 is 0 Å². The van der Waals surface area contributed by atoms with Crippen molar-refractivity contribution in [2.45, 2.75) is 49.0 Å². The maximum absolute atomic E-state index is 12.8. The first-order valence-electron chi connectivity index (χ1n) is 10.5. The quantitative estimate of drug-likeness (QED) is 0.210. The van der Waals surface area contributed by atoms with Crippen LogP contribution < -0.4 is 4.74 Å². The molecule has 0 radical (unpaired) electrons. The number of allylic oxidation sites excluding steroid dienone is 1. The topological polar surface area (TPSA) is 74.1 Å². The molecule has 0 spiro atoms. The number of benzene rings is 2. The van der Waals surface area contributed by atoms with Crippen LogP contribution in [-0.2, 0) is 22.1 Å². The van der Waals surface area contributed by atoms with Gasteiger partial charge in [0.05, 0.1) is 11.5 Å². The van der Waals surface area contributed by atoms with Gasteiger partial charge in [0, 0.05) is 12.3 Å². The van der Waals surface area contributed by atoms with E-state index in [1.807, 2.05) is 42.7 Å². The van der Waals surface area contributed by atoms with Crippen LogP contribution in [0.5, 0.6) is 5.75 Å². The normalized spacial score (nSPS) is 11.4. The van der Waals surface area contributed by atoms with Gasteiger partial charge in [0.1, 0.15) is 17.3 Å². The van der Waals surface area contributed by atoms with Crippen molar-refractivity contribution < 1.29 is 13.2 Å². The zero-order valence-electron chi connectivity index (χ0n) is 18.5. The van der Waals surface area contributed by atoms with Gasteiger partial charge in [0.2, 0.25) is 0 Å². The molecular weight excluding hydrogens is 442 g/mol. The van der Waals surface area contributed by atoms with Crippen LogP contribution in [0.2, 0.25) is 0 Å². The molecule has 0 aliphatic heterocycles. The van der Waals surface area contributed by atoms with E-state index in [9.17, 15) is 8.42 Å². The van der Waals surface area contributed by atoms with Crippen LogP contribution in [0.3, 0.4) is 0 Å². The monoisotopic (exact) mass is 471 g/mol. The second-order valence-electron chi connectivity index (χ2n) is 7.54. The number of aryl methyl sites for hydroxylation is 2. The first-order chi connectivity index (χ1) is 15.4. The van der Waals surface area contributed by atoms with Crippen LogP contribution in [-0.4, -0.2) is 35.5 Å². The van der Waals surface area contributed by atoms with Crippen LogP contribution in [0.4, 0.5) is 0 Å². The van der Waals surface area contributed by atoms with Gasteiger partial charge < -0.3 is 9.30 Å². The summed E-state index contributed by atoms with van der Waals surface area (Å²) in [6.45, 7) is 8.87. The smallest absolute Gasteiger partial charge is 0.191 e. The molecule has 8 heteroatoms. The molecule has 0 aliphatic carbocycles. The van der Waals surface area contributed by atoms with Gasteiger partial charge in [-0.3, -0.25) is 0 Å². The molecule has 1 aromatic heterocycles. The third-order valence-electron chi connectivity index (χ3n) is 4.93. The van der Waals surface area contributed by atoms with Gasteiger partial charge in [-0.15, -0.1) is 16.8 Å². The maximum Gasteiger partial charge on any atom is 0.191 e. The Bertz CT molecular complexity index is 1140. The molecule has 3 rings (SSSR count). The summed E-state index contributed by atoms with van der Waals surface area (Å²) < 4.78 is 33.3. The van der Waals surface area contributed by atoms with E-state index in [1.165, 1.54) is 0 Å². The summed E-state index contributed by atoms with van der Waals surface area (Å²) in [5.74, 6) is 2.00. The lowest BCUT2D eigenvalue weighted by molar-refractivity contribution is 0.308. The third-order valence-corrected chi connectivity index (χ3v) is 7.61. The molecule has 0 saturated carbocycles. The van der Waals surface area contributed by atoms with Gasteiger partial charge in [-0.05, 0) is 50.5 Å². The fourth-order valence-electron chi connectivity index (χ4n) is 3.11. The summed E-state index contributed by atoms with van der Waals surface area (Å²) in [5.41, 5.74) is 2.15. The molecule has 1 heterocycles. The minimum absolute atomic E-state index is 0.193. The Morgan fingerprint density at radius 2 is 1.81 bits per heavy atom. The molecule has 0 aliphatic rings. The molecule has 0 saturated heterocycles. The number of unbranched alkanes of at least 4 members (excludes halogenated alkanes) is 1. The van der Waals surface area contributed by atoms with Crippen LogP contribution in [0.15, 0.2) is 71.2 Å². The molecule has 170 valence electrons. The number of para-hydroxylation sites is 1. The summed E-state index contributed by atoms with van der Waals surface area (Å²) in [5, 5.41) is 9.11. The van der Waals surface area contributed by atoms with Crippen molar-refractivity contribution >= 4 is 21.6 Å². The first-order valence-corrected chi connectivity index (χ1v) is 13.2. The Balaban J connectivity index is 1.55. The molecule has 2 aromatic carbocycles. The predicted molar refractivity (Wildman–Crippen MR) is 129 cm³/mol. The van der Waals surface area contributed by atoms with Gasteiger partial charge in [-0.1, -0.05) is 53.7 Å². The number of nitrogens with zero attached hydrogens (tertiary/aromatic N) is 3. The summed E-state index contributed by atoms with van der Waals surface area (Å²) >= 11 is 1.57. The number of rotatable bonds is 12. The number of sulfone groups is 1. The van der Waals surface area contributed by atoms with Crippen molar-refractivity contribution in [2.24, 2.45) is 0 Å². The van der Waals surface area contributed by atoms with E-state index in [-0.39, 0.29) is 5.75 Å². The second-order valence-corrected chi connectivity index (χ2v) is 10.6.